The molecule has 1 unspecified atom stereocenters. The number of nitrogens with two attached hydrogens (primary N) is 1. The molecule has 0 saturated carbocycles. The summed E-state index contributed by atoms with van der Waals surface area (Å²) < 4.78 is 0. The molecule has 0 bridgehead atoms. The predicted octanol–water partition coefficient (Wildman–Crippen LogP) is 2.28. The van der Waals surface area contributed by atoms with Crippen molar-refractivity contribution in [3.8, 4) is 0 Å². The van der Waals surface area contributed by atoms with Crippen LogP contribution in [0.4, 0.5) is 0 Å². The largest absolute Gasteiger partial charge is 0.784 e. The van der Waals surface area contributed by atoms with Gasteiger partial charge in [-0.2, -0.15) is 0 Å². The maximum atomic E-state index is 12.0. The molecule has 0 aliphatic carbocycles. The minimum Gasteiger partial charge on any atom is -0.784 e. The number of rotatable bonds is 3. The zero-order chi connectivity index (χ0) is 11.5. The Morgan fingerprint density at radius 2 is 1.80 bits per heavy atom. The van der Waals surface area contributed by atoms with Gasteiger partial charge in [0.1, 0.15) is 0 Å². The van der Waals surface area contributed by atoms with Crippen LogP contribution in [0.25, 0.3) is 0 Å². The first kappa shape index (κ1) is 12.2. The SMILES string of the molecule is CC(C)(C)N([O-])C(CN)c1ccccc1. The van der Waals surface area contributed by atoms with E-state index >= 15 is 0 Å². The van der Waals surface area contributed by atoms with Gasteiger partial charge in [-0.3, -0.25) is 0 Å². The van der Waals surface area contributed by atoms with Crippen LogP contribution in [0.15, 0.2) is 30.3 Å². The van der Waals surface area contributed by atoms with Crippen LogP contribution in [0.2, 0.25) is 0 Å². The summed E-state index contributed by atoms with van der Waals surface area (Å²) >= 11 is 0. The van der Waals surface area contributed by atoms with Crippen molar-refractivity contribution in [2.45, 2.75) is 32.4 Å². The standard InChI is InChI=1S/C12H19N2O/c1-12(2,3)14(15)11(9-13)10-7-5-4-6-8-10/h4-8,11H,9,13H2,1-3H3/q-1. The number of hydroxylamine groups is 2. The second-order valence-electron chi connectivity index (χ2n) is 4.66. The molecule has 1 atom stereocenters. The lowest BCUT2D eigenvalue weighted by molar-refractivity contribution is 0.149. The molecule has 0 aliphatic heterocycles. The van der Waals surface area contributed by atoms with E-state index in [-0.39, 0.29) is 6.04 Å². The van der Waals surface area contributed by atoms with Crippen molar-refractivity contribution in [2.24, 2.45) is 5.73 Å². The van der Waals surface area contributed by atoms with Crippen molar-refractivity contribution in [3.05, 3.63) is 41.1 Å². The lowest BCUT2D eigenvalue weighted by Gasteiger charge is -2.47. The monoisotopic (exact) mass is 207 g/mol. The third-order valence-electron chi connectivity index (χ3n) is 2.35. The first-order chi connectivity index (χ1) is 6.96. The molecule has 84 valence electrons. The van der Waals surface area contributed by atoms with Crippen molar-refractivity contribution in [1.82, 2.24) is 5.06 Å². The van der Waals surface area contributed by atoms with Gasteiger partial charge in [0.05, 0.1) is 0 Å². The Morgan fingerprint density at radius 3 is 2.20 bits per heavy atom. The molecule has 0 amide bonds. The van der Waals surface area contributed by atoms with E-state index in [1.807, 2.05) is 51.1 Å². The lowest BCUT2D eigenvalue weighted by Crippen LogP contribution is -2.42. The zero-order valence-electron chi connectivity index (χ0n) is 9.60. The van der Waals surface area contributed by atoms with Crippen LogP contribution in [0.3, 0.4) is 0 Å². The Balaban J connectivity index is 2.90. The van der Waals surface area contributed by atoms with Crippen molar-refractivity contribution >= 4 is 0 Å². The molecule has 1 aromatic carbocycles. The number of hydrogen-bond donors (Lipinski definition) is 1. The maximum Gasteiger partial charge on any atom is 0.0359 e. The van der Waals surface area contributed by atoms with Gasteiger partial charge in [0.25, 0.3) is 0 Å². The van der Waals surface area contributed by atoms with Crippen LogP contribution >= 0.6 is 0 Å². The van der Waals surface area contributed by atoms with E-state index in [0.717, 1.165) is 10.6 Å². The molecule has 0 spiro atoms. The number of benzene rings is 1. The van der Waals surface area contributed by atoms with Gasteiger partial charge in [0, 0.05) is 18.1 Å². The van der Waals surface area contributed by atoms with E-state index in [0.29, 0.717) is 6.54 Å². The van der Waals surface area contributed by atoms with Gasteiger partial charge < -0.3 is 16.0 Å². The summed E-state index contributed by atoms with van der Waals surface area (Å²) in [6.07, 6.45) is 0. The molecule has 2 N–H and O–H groups in total. The molecule has 1 aromatic rings. The van der Waals surface area contributed by atoms with Gasteiger partial charge in [-0.05, 0) is 26.3 Å². The maximum absolute atomic E-state index is 12.0. The molecular weight excluding hydrogens is 188 g/mol. The first-order valence-corrected chi connectivity index (χ1v) is 5.18. The molecule has 15 heavy (non-hydrogen) atoms. The van der Waals surface area contributed by atoms with Crippen molar-refractivity contribution < 1.29 is 0 Å². The highest BCUT2D eigenvalue weighted by Gasteiger charge is 2.20. The summed E-state index contributed by atoms with van der Waals surface area (Å²) in [6.45, 7) is 6.02. The summed E-state index contributed by atoms with van der Waals surface area (Å²) in [4.78, 5) is 0. The summed E-state index contributed by atoms with van der Waals surface area (Å²) in [5.41, 5.74) is 6.22. The molecule has 0 heterocycles. The van der Waals surface area contributed by atoms with Crippen molar-refractivity contribution in [3.63, 3.8) is 0 Å². The Bertz CT molecular complexity index is 292. The number of hydrogen-bond acceptors (Lipinski definition) is 3. The van der Waals surface area contributed by atoms with E-state index < -0.39 is 5.54 Å². The van der Waals surface area contributed by atoms with E-state index in [9.17, 15) is 5.21 Å². The molecule has 0 fully saturated rings. The van der Waals surface area contributed by atoms with Crippen LogP contribution in [-0.2, 0) is 0 Å². The Labute approximate surface area is 91.5 Å². The highest BCUT2D eigenvalue weighted by Crippen LogP contribution is 2.25. The van der Waals surface area contributed by atoms with E-state index in [4.69, 9.17) is 5.73 Å². The molecule has 0 aliphatic rings. The van der Waals surface area contributed by atoms with Gasteiger partial charge in [-0.15, -0.1) is 0 Å². The van der Waals surface area contributed by atoms with Gasteiger partial charge in [-0.1, -0.05) is 30.3 Å². The van der Waals surface area contributed by atoms with Gasteiger partial charge >= 0.3 is 0 Å². The fraction of sp³-hybridized carbons (Fsp3) is 0.500. The number of nitrogens with zero attached hydrogens (tertiary/aromatic N) is 1. The topological polar surface area (TPSA) is 52.3 Å². The van der Waals surface area contributed by atoms with E-state index in [1.54, 1.807) is 0 Å². The fourth-order valence-electron chi connectivity index (χ4n) is 1.51. The lowest BCUT2D eigenvalue weighted by atomic mass is 10.0. The summed E-state index contributed by atoms with van der Waals surface area (Å²) in [5, 5.41) is 13.1. The molecule has 0 radical (unpaired) electrons. The molecule has 3 nitrogen and oxygen atoms in total. The first-order valence-electron chi connectivity index (χ1n) is 5.18. The molecule has 1 rings (SSSR count). The highest BCUT2D eigenvalue weighted by atomic mass is 16.5. The molecule has 3 heteroatoms. The van der Waals surface area contributed by atoms with Crippen LogP contribution in [0, 0.1) is 5.21 Å². The Hall–Kier alpha value is -0.900. The van der Waals surface area contributed by atoms with Gasteiger partial charge in [0.15, 0.2) is 0 Å². The Morgan fingerprint density at radius 1 is 1.27 bits per heavy atom. The molecular formula is C12H19N2O-. The molecule has 0 saturated heterocycles. The smallest absolute Gasteiger partial charge is 0.0359 e. The average molecular weight is 207 g/mol. The molecule has 0 aromatic heterocycles. The third-order valence-corrected chi connectivity index (χ3v) is 2.35. The second-order valence-corrected chi connectivity index (χ2v) is 4.66. The normalized spacial score (nSPS) is 14.3. The zero-order valence-corrected chi connectivity index (χ0v) is 9.60. The quantitative estimate of drug-likeness (QED) is 0.774. The van der Waals surface area contributed by atoms with E-state index in [2.05, 4.69) is 0 Å². The highest BCUT2D eigenvalue weighted by molar-refractivity contribution is 5.20. The van der Waals surface area contributed by atoms with E-state index in [1.165, 1.54) is 0 Å². The van der Waals surface area contributed by atoms with Crippen LogP contribution in [0.5, 0.6) is 0 Å². The van der Waals surface area contributed by atoms with Crippen molar-refractivity contribution in [1.29, 1.82) is 0 Å². The fourth-order valence-corrected chi connectivity index (χ4v) is 1.51. The minimum absolute atomic E-state index is 0.258. The summed E-state index contributed by atoms with van der Waals surface area (Å²) in [7, 11) is 0. The Kier molecular flexibility index (Phi) is 3.85. The summed E-state index contributed by atoms with van der Waals surface area (Å²) in [5.74, 6) is 0. The average Bonchev–Trinajstić information content (AvgIpc) is 2.19. The minimum atomic E-state index is -0.417. The summed E-state index contributed by atoms with van der Waals surface area (Å²) in [6, 6.07) is 9.40. The van der Waals surface area contributed by atoms with Crippen LogP contribution in [0.1, 0.15) is 32.4 Å². The van der Waals surface area contributed by atoms with Crippen LogP contribution < -0.4 is 5.73 Å². The van der Waals surface area contributed by atoms with Crippen LogP contribution in [-0.4, -0.2) is 17.1 Å². The third kappa shape index (κ3) is 3.02. The van der Waals surface area contributed by atoms with Crippen molar-refractivity contribution in [2.75, 3.05) is 6.54 Å². The van der Waals surface area contributed by atoms with Gasteiger partial charge in [-0.25, -0.2) is 0 Å². The predicted molar refractivity (Wildman–Crippen MR) is 63.2 cm³/mol. The van der Waals surface area contributed by atoms with Gasteiger partial charge in [0.2, 0.25) is 0 Å². The second kappa shape index (κ2) is 4.75.